The van der Waals surface area contributed by atoms with Crippen LogP contribution in [-0.2, 0) is 5.41 Å². The van der Waals surface area contributed by atoms with Gasteiger partial charge in [0.05, 0.1) is 26.8 Å². The molecular weight excluding hydrogens is 733 g/mol. The Morgan fingerprint density at radius 3 is 1.75 bits per heavy atom. The third-order valence-corrected chi connectivity index (χ3v) is 14.0. The van der Waals surface area contributed by atoms with Gasteiger partial charge in [0, 0.05) is 15.5 Å². The van der Waals surface area contributed by atoms with Gasteiger partial charge in [-0.1, -0.05) is 176 Å². The lowest BCUT2D eigenvalue weighted by Gasteiger charge is -2.34. The van der Waals surface area contributed by atoms with E-state index in [1.54, 1.807) is 0 Å². The smallest absolute Gasteiger partial charge is 0.156 e. The van der Waals surface area contributed by atoms with Gasteiger partial charge in [0.1, 0.15) is 0 Å². The Kier molecular flexibility index (Phi) is 6.84. The molecule has 0 atom stereocenters. The lowest BCUT2D eigenvalue weighted by Crippen LogP contribution is -2.28. The van der Waals surface area contributed by atoms with Crippen LogP contribution in [0, 0.1) is 0 Å². The average molecular weight is 767 g/mol. The number of nitrogens with zero attached hydrogens (tertiary/aromatic N) is 2. The van der Waals surface area contributed by atoms with Crippen LogP contribution in [0.2, 0.25) is 0 Å². The lowest BCUT2D eigenvalue weighted by atomic mass is 9.67. The van der Waals surface area contributed by atoms with Gasteiger partial charge in [0.2, 0.25) is 0 Å². The first kappa shape index (κ1) is 32.7. The SMILES string of the molecule is c1ccc(C2(c3ccccc3)c3ccccc3-c3c(-c4ccc(-c5cc6c7cc8ccccc8cc7sc6c6nc7cc8ccccc8cc7n56)cc4)cccc32)cc1. The number of imidazole rings is 1. The van der Waals surface area contributed by atoms with E-state index < -0.39 is 5.41 Å². The van der Waals surface area contributed by atoms with E-state index in [1.807, 2.05) is 11.3 Å². The van der Waals surface area contributed by atoms with Gasteiger partial charge in [-0.15, -0.1) is 11.3 Å². The van der Waals surface area contributed by atoms with Gasteiger partial charge in [0.15, 0.2) is 5.65 Å². The van der Waals surface area contributed by atoms with Crippen LogP contribution in [0.25, 0.3) is 91.9 Å². The number of rotatable bonds is 4. The molecule has 0 fully saturated rings. The maximum absolute atomic E-state index is 5.41. The molecular formula is C56H34N2S. The fourth-order valence-corrected chi connectivity index (χ4v) is 11.4. The number of benzene rings is 9. The van der Waals surface area contributed by atoms with Gasteiger partial charge in [-0.05, 0) is 102 Å². The summed E-state index contributed by atoms with van der Waals surface area (Å²) in [6.07, 6.45) is 0. The van der Waals surface area contributed by atoms with Crippen LogP contribution in [0.4, 0.5) is 0 Å². The lowest BCUT2D eigenvalue weighted by molar-refractivity contribution is 0.768. The third kappa shape index (κ3) is 4.59. The van der Waals surface area contributed by atoms with Crippen molar-refractivity contribution in [3.63, 3.8) is 0 Å². The van der Waals surface area contributed by atoms with E-state index in [0.717, 1.165) is 27.9 Å². The van der Waals surface area contributed by atoms with Gasteiger partial charge in [-0.25, -0.2) is 4.98 Å². The molecule has 0 saturated carbocycles. The average Bonchev–Trinajstić information content (AvgIpc) is 3.96. The summed E-state index contributed by atoms with van der Waals surface area (Å²) in [7, 11) is 0. The standard InChI is InChI=1S/C56H34N2S/c1-3-18-41(19-4-1)56(42-20-5-2-6-21-42)47-24-12-11-22-44(47)53-43(23-13-25-48(53)56)35-26-28-36(29-27-35)50-34-46-45-30-37-14-7-10-17-40(37)33-52(45)59-54(46)55-57-49-31-38-15-8-9-16-39(38)32-51(49)58(50)55/h1-34H. The molecule has 0 amide bonds. The van der Waals surface area contributed by atoms with Crippen molar-refractivity contribution < 1.29 is 0 Å². The summed E-state index contributed by atoms with van der Waals surface area (Å²) in [5, 5.41) is 7.46. The highest BCUT2D eigenvalue weighted by Gasteiger charge is 2.46. The van der Waals surface area contributed by atoms with Crippen LogP contribution in [-0.4, -0.2) is 9.38 Å². The van der Waals surface area contributed by atoms with Crippen molar-refractivity contribution in [2.24, 2.45) is 0 Å². The number of thiophene rings is 1. The van der Waals surface area contributed by atoms with Gasteiger partial charge in [0.25, 0.3) is 0 Å². The molecule has 12 aromatic rings. The first-order valence-electron chi connectivity index (χ1n) is 20.3. The normalized spacial score (nSPS) is 13.2. The Bertz CT molecular complexity index is 3610. The molecule has 3 aromatic heterocycles. The highest BCUT2D eigenvalue weighted by Crippen LogP contribution is 2.58. The van der Waals surface area contributed by atoms with Gasteiger partial charge in [-0.3, -0.25) is 4.40 Å². The van der Waals surface area contributed by atoms with Crippen LogP contribution < -0.4 is 0 Å². The Morgan fingerprint density at radius 2 is 1.02 bits per heavy atom. The van der Waals surface area contributed by atoms with Crippen molar-refractivity contribution in [1.82, 2.24) is 9.38 Å². The van der Waals surface area contributed by atoms with Crippen LogP contribution in [0.5, 0.6) is 0 Å². The zero-order chi connectivity index (χ0) is 38.7. The van der Waals surface area contributed by atoms with Crippen LogP contribution in [0.1, 0.15) is 22.3 Å². The Labute approximate surface area is 344 Å². The summed E-state index contributed by atoms with van der Waals surface area (Å²) in [6.45, 7) is 0. The molecule has 0 spiro atoms. The maximum Gasteiger partial charge on any atom is 0.156 e. The predicted octanol–water partition coefficient (Wildman–Crippen LogP) is 14.9. The van der Waals surface area contributed by atoms with E-state index in [1.165, 1.54) is 86.2 Å². The van der Waals surface area contributed by atoms with E-state index in [9.17, 15) is 0 Å². The molecule has 3 heteroatoms. The highest BCUT2D eigenvalue weighted by atomic mass is 32.1. The van der Waals surface area contributed by atoms with E-state index in [2.05, 4.69) is 211 Å². The Balaban J connectivity index is 1.04. The van der Waals surface area contributed by atoms with Gasteiger partial charge < -0.3 is 0 Å². The van der Waals surface area contributed by atoms with E-state index in [4.69, 9.17) is 4.98 Å². The topological polar surface area (TPSA) is 17.3 Å². The van der Waals surface area contributed by atoms with E-state index >= 15 is 0 Å². The van der Waals surface area contributed by atoms with Gasteiger partial charge >= 0.3 is 0 Å². The molecule has 0 N–H and O–H groups in total. The van der Waals surface area contributed by atoms with Crippen LogP contribution >= 0.6 is 11.3 Å². The predicted molar refractivity (Wildman–Crippen MR) is 249 cm³/mol. The van der Waals surface area contributed by atoms with Crippen LogP contribution in [0.3, 0.4) is 0 Å². The second kappa shape index (κ2) is 12.3. The third-order valence-electron chi connectivity index (χ3n) is 12.8. The molecule has 3 heterocycles. The summed E-state index contributed by atoms with van der Waals surface area (Å²) in [5.41, 5.74) is 15.2. The second-order valence-corrected chi connectivity index (χ2v) is 16.9. The molecule has 0 bridgehead atoms. The minimum Gasteiger partial charge on any atom is -0.291 e. The van der Waals surface area contributed by atoms with Crippen molar-refractivity contribution >= 4 is 69.7 Å². The summed E-state index contributed by atoms with van der Waals surface area (Å²) in [4.78, 5) is 5.41. The Hall–Kier alpha value is -7.33. The summed E-state index contributed by atoms with van der Waals surface area (Å²) in [6, 6.07) is 76.2. The summed E-state index contributed by atoms with van der Waals surface area (Å²) in [5.74, 6) is 0. The molecule has 274 valence electrons. The molecule has 1 aliphatic carbocycles. The van der Waals surface area contributed by atoms with Crippen molar-refractivity contribution in [1.29, 1.82) is 0 Å². The molecule has 1 aliphatic rings. The van der Waals surface area contributed by atoms with Crippen molar-refractivity contribution in [2.75, 3.05) is 0 Å². The fraction of sp³-hybridized carbons (Fsp3) is 0.0179. The van der Waals surface area contributed by atoms with Gasteiger partial charge in [-0.2, -0.15) is 0 Å². The molecule has 59 heavy (non-hydrogen) atoms. The quantitative estimate of drug-likeness (QED) is 0.174. The fourth-order valence-electron chi connectivity index (χ4n) is 10.2. The Morgan fingerprint density at radius 1 is 0.441 bits per heavy atom. The molecule has 9 aromatic carbocycles. The second-order valence-electron chi connectivity index (χ2n) is 15.9. The van der Waals surface area contributed by atoms with E-state index in [0.29, 0.717) is 0 Å². The minimum absolute atomic E-state index is 0.438. The largest absolute Gasteiger partial charge is 0.291 e. The maximum atomic E-state index is 5.41. The van der Waals surface area contributed by atoms with Crippen molar-refractivity contribution in [2.45, 2.75) is 5.41 Å². The molecule has 13 rings (SSSR count). The van der Waals surface area contributed by atoms with E-state index in [-0.39, 0.29) is 0 Å². The molecule has 0 unspecified atom stereocenters. The zero-order valence-electron chi connectivity index (χ0n) is 31.9. The first-order chi connectivity index (χ1) is 29.2. The summed E-state index contributed by atoms with van der Waals surface area (Å²) >= 11 is 1.85. The monoisotopic (exact) mass is 766 g/mol. The zero-order valence-corrected chi connectivity index (χ0v) is 32.7. The van der Waals surface area contributed by atoms with Crippen molar-refractivity contribution in [3.05, 3.63) is 229 Å². The highest BCUT2D eigenvalue weighted by molar-refractivity contribution is 7.26. The molecule has 0 aliphatic heterocycles. The number of pyridine rings is 1. The molecule has 2 nitrogen and oxygen atoms in total. The number of hydrogen-bond donors (Lipinski definition) is 0. The molecule has 0 saturated heterocycles. The minimum atomic E-state index is -0.438. The van der Waals surface area contributed by atoms with Crippen molar-refractivity contribution in [3.8, 4) is 33.5 Å². The first-order valence-corrected chi connectivity index (χ1v) is 21.1. The van der Waals surface area contributed by atoms with Crippen LogP contribution in [0.15, 0.2) is 206 Å². The number of hydrogen-bond acceptors (Lipinski definition) is 2. The molecule has 0 radical (unpaired) electrons. The summed E-state index contributed by atoms with van der Waals surface area (Å²) < 4.78 is 4.90. The number of aromatic nitrogens is 2. The number of fused-ring (bicyclic) bond motifs is 12.